The smallest absolute Gasteiger partial charge is 0.253 e. The molecule has 0 unspecified atom stereocenters. The van der Waals surface area contributed by atoms with Crippen LogP contribution in [-0.4, -0.2) is 37.0 Å². The maximum Gasteiger partial charge on any atom is 0.253 e. The molecule has 2 aromatic rings. The summed E-state index contributed by atoms with van der Waals surface area (Å²) in [6, 6.07) is 9.77. The third-order valence-electron chi connectivity index (χ3n) is 4.13. The molecular weight excluding hydrogens is 314 g/mol. The first-order valence-corrected chi connectivity index (χ1v) is 7.75. The normalized spacial score (nSPS) is 16.9. The lowest BCUT2D eigenvalue weighted by molar-refractivity contribution is 0.0744. The van der Waals surface area contributed by atoms with Crippen LogP contribution >= 0.6 is 0 Å². The van der Waals surface area contributed by atoms with Crippen molar-refractivity contribution in [3.63, 3.8) is 0 Å². The predicted octanol–water partition coefficient (Wildman–Crippen LogP) is 3.19. The molecule has 1 amide bonds. The largest absolute Gasteiger partial charge is 0.454 e. The standard InChI is InChI=1S/C18H18F2N2O2/c1-22(14-8-9-21-11-14)18(23)12-2-5-15(6-3-12)24-17-7-4-13(19)10-16(17)20/h2-7,10,14,21H,8-9,11H2,1H3/t14-/m0/s1. The van der Waals surface area contributed by atoms with Crippen molar-refractivity contribution in [3.8, 4) is 11.5 Å². The fraction of sp³-hybridized carbons (Fsp3) is 0.278. The van der Waals surface area contributed by atoms with Gasteiger partial charge in [0.05, 0.1) is 0 Å². The fourth-order valence-corrected chi connectivity index (χ4v) is 2.69. The number of nitrogens with one attached hydrogen (secondary N) is 1. The molecule has 1 N–H and O–H groups in total. The number of hydrogen-bond donors (Lipinski definition) is 1. The Morgan fingerprint density at radius 2 is 1.96 bits per heavy atom. The molecule has 0 aromatic heterocycles. The predicted molar refractivity (Wildman–Crippen MR) is 86.2 cm³/mol. The van der Waals surface area contributed by atoms with Gasteiger partial charge in [0.25, 0.3) is 5.91 Å². The molecule has 1 fully saturated rings. The minimum absolute atomic E-state index is 0.0652. The van der Waals surface area contributed by atoms with Gasteiger partial charge in [0.2, 0.25) is 0 Å². The van der Waals surface area contributed by atoms with Gasteiger partial charge in [-0.15, -0.1) is 0 Å². The van der Waals surface area contributed by atoms with Gasteiger partial charge in [-0.3, -0.25) is 4.79 Å². The highest BCUT2D eigenvalue weighted by Crippen LogP contribution is 2.25. The molecule has 0 spiro atoms. The molecule has 0 bridgehead atoms. The van der Waals surface area contributed by atoms with Crippen molar-refractivity contribution >= 4 is 5.91 Å². The molecule has 0 aliphatic carbocycles. The highest BCUT2D eigenvalue weighted by molar-refractivity contribution is 5.94. The van der Waals surface area contributed by atoms with Crippen LogP contribution in [0.1, 0.15) is 16.8 Å². The second kappa shape index (κ2) is 6.97. The van der Waals surface area contributed by atoms with Gasteiger partial charge in [-0.1, -0.05) is 0 Å². The molecule has 0 saturated carbocycles. The highest BCUT2D eigenvalue weighted by Gasteiger charge is 2.23. The van der Waals surface area contributed by atoms with Gasteiger partial charge in [-0.05, 0) is 49.4 Å². The average molecular weight is 332 g/mol. The minimum atomic E-state index is -0.774. The molecule has 3 rings (SSSR count). The Balaban J connectivity index is 1.69. The molecule has 126 valence electrons. The number of nitrogens with zero attached hydrogens (tertiary/aromatic N) is 1. The summed E-state index contributed by atoms with van der Waals surface area (Å²) in [5.74, 6) is -1.19. The highest BCUT2D eigenvalue weighted by atomic mass is 19.1. The quantitative estimate of drug-likeness (QED) is 0.935. The number of carbonyl (C=O) groups excluding carboxylic acids is 1. The Morgan fingerprint density at radius 1 is 1.21 bits per heavy atom. The third-order valence-corrected chi connectivity index (χ3v) is 4.13. The first-order chi connectivity index (χ1) is 11.5. The number of likely N-dealkylation sites (N-methyl/N-ethyl adjacent to an activating group) is 1. The van der Waals surface area contributed by atoms with Gasteiger partial charge in [-0.2, -0.15) is 0 Å². The van der Waals surface area contributed by atoms with Crippen LogP contribution < -0.4 is 10.1 Å². The molecule has 1 atom stereocenters. The van der Waals surface area contributed by atoms with E-state index in [9.17, 15) is 13.6 Å². The summed E-state index contributed by atoms with van der Waals surface area (Å²) in [4.78, 5) is 14.2. The van der Waals surface area contributed by atoms with Crippen molar-refractivity contribution in [2.24, 2.45) is 0 Å². The van der Waals surface area contributed by atoms with E-state index in [0.717, 1.165) is 31.6 Å². The van der Waals surface area contributed by atoms with E-state index in [1.54, 1.807) is 36.2 Å². The molecule has 24 heavy (non-hydrogen) atoms. The number of halogens is 2. The number of ether oxygens (including phenoxy) is 1. The van der Waals surface area contributed by atoms with Gasteiger partial charge >= 0.3 is 0 Å². The van der Waals surface area contributed by atoms with E-state index in [1.165, 1.54) is 6.07 Å². The van der Waals surface area contributed by atoms with E-state index >= 15 is 0 Å². The van der Waals surface area contributed by atoms with E-state index in [-0.39, 0.29) is 17.7 Å². The fourth-order valence-electron chi connectivity index (χ4n) is 2.69. The Bertz CT molecular complexity index is 728. The molecule has 1 saturated heterocycles. The second-order valence-corrected chi connectivity index (χ2v) is 5.76. The van der Waals surface area contributed by atoms with Crippen LogP contribution in [0, 0.1) is 11.6 Å². The molecule has 1 heterocycles. The lowest BCUT2D eigenvalue weighted by Crippen LogP contribution is -2.38. The van der Waals surface area contributed by atoms with Crippen LogP contribution in [0.3, 0.4) is 0 Å². The summed E-state index contributed by atoms with van der Waals surface area (Å²) in [6.45, 7) is 1.71. The van der Waals surface area contributed by atoms with Gasteiger partial charge < -0.3 is 15.0 Å². The Hall–Kier alpha value is -2.47. The summed E-state index contributed by atoms with van der Waals surface area (Å²) < 4.78 is 31.9. The second-order valence-electron chi connectivity index (χ2n) is 5.76. The van der Waals surface area contributed by atoms with Crippen LogP contribution in [-0.2, 0) is 0 Å². The number of rotatable bonds is 4. The Morgan fingerprint density at radius 3 is 2.58 bits per heavy atom. The van der Waals surface area contributed by atoms with E-state index in [0.29, 0.717) is 11.3 Å². The summed E-state index contributed by atoms with van der Waals surface area (Å²) >= 11 is 0. The van der Waals surface area contributed by atoms with Crippen molar-refractivity contribution in [1.82, 2.24) is 10.2 Å². The Kier molecular flexibility index (Phi) is 4.76. The van der Waals surface area contributed by atoms with Crippen molar-refractivity contribution < 1.29 is 18.3 Å². The van der Waals surface area contributed by atoms with Crippen molar-refractivity contribution in [2.45, 2.75) is 12.5 Å². The van der Waals surface area contributed by atoms with Crippen molar-refractivity contribution in [2.75, 3.05) is 20.1 Å². The molecule has 1 aliphatic rings. The van der Waals surface area contributed by atoms with Gasteiger partial charge in [-0.25, -0.2) is 8.78 Å². The lowest BCUT2D eigenvalue weighted by Gasteiger charge is -2.23. The van der Waals surface area contributed by atoms with Crippen LogP contribution in [0.2, 0.25) is 0 Å². The molecule has 0 radical (unpaired) electrons. The third kappa shape index (κ3) is 3.54. The van der Waals surface area contributed by atoms with E-state index in [1.807, 2.05) is 0 Å². The number of carbonyl (C=O) groups is 1. The summed E-state index contributed by atoms with van der Waals surface area (Å²) in [5.41, 5.74) is 0.538. The van der Waals surface area contributed by atoms with E-state index in [4.69, 9.17) is 4.74 Å². The van der Waals surface area contributed by atoms with E-state index < -0.39 is 11.6 Å². The summed E-state index contributed by atoms with van der Waals surface area (Å²) in [7, 11) is 1.79. The van der Waals surface area contributed by atoms with Gasteiger partial charge in [0.15, 0.2) is 11.6 Å². The SMILES string of the molecule is CN(C(=O)c1ccc(Oc2ccc(F)cc2F)cc1)[C@H]1CCNC1. The van der Waals surface area contributed by atoms with Crippen LogP contribution in [0.25, 0.3) is 0 Å². The lowest BCUT2D eigenvalue weighted by atomic mass is 10.1. The number of hydrogen-bond acceptors (Lipinski definition) is 3. The van der Waals surface area contributed by atoms with Crippen LogP contribution in [0.4, 0.5) is 8.78 Å². The summed E-state index contributed by atoms with van der Waals surface area (Å²) in [5, 5.41) is 3.23. The molecular formula is C18H18F2N2O2. The van der Waals surface area contributed by atoms with E-state index in [2.05, 4.69) is 5.32 Å². The molecule has 4 nitrogen and oxygen atoms in total. The van der Waals surface area contributed by atoms with Gasteiger partial charge in [0.1, 0.15) is 11.6 Å². The van der Waals surface area contributed by atoms with Gasteiger partial charge in [0, 0.05) is 31.3 Å². The number of benzene rings is 2. The maximum absolute atomic E-state index is 13.6. The first-order valence-electron chi connectivity index (χ1n) is 7.75. The summed E-state index contributed by atoms with van der Waals surface area (Å²) in [6.07, 6.45) is 0.938. The topological polar surface area (TPSA) is 41.6 Å². The zero-order valence-electron chi connectivity index (χ0n) is 13.3. The zero-order chi connectivity index (χ0) is 17.1. The molecule has 2 aromatic carbocycles. The minimum Gasteiger partial charge on any atom is -0.454 e. The first kappa shape index (κ1) is 16.4. The van der Waals surface area contributed by atoms with Crippen LogP contribution in [0.5, 0.6) is 11.5 Å². The monoisotopic (exact) mass is 332 g/mol. The maximum atomic E-state index is 13.6. The zero-order valence-corrected chi connectivity index (χ0v) is 13.3. The van der Waals surface area contributed by atoms with Crippen LogP contribution in [0.15, 0.2) is 42.5 Å². The number of amides is 1. The van der Waals surface area contributed by atoms with Crippen molar-refractivity contribution in [1.29, 1.82) is 0 Å². The van der Waals surface area contributed by atoms with Crippen molar-refractivity contribution in [3.05, 3.63) is 59.7 Å². The average Bonchev–Trinajstić information content (AvgIpc) is 3.11. The Labute approximate surface area is 139 Å². The molecule has 1 aliphatic heterocycles. The molecule has 6 heteroatoms.